The summed E-state index contributed by atoms with van der Waals surface area (Å²) in [5.74, 6) is -0.0163. The first-order valence-corrected chi connectivity index (χ1v) is 7.27. The molecule has 2 unspecified atom stereocenters. The van der Waals surface area contributed by atoms with Crippen LogP contribution in [0.1, 0.15) is 46.5 Å². The lowest BCUT2D eigenvalue weighted by molar-refractivity contribution is -0.140. The van der Waals surface area contributed by atoms with Gasteiger partial charge in [-0.1, -0.05) is 6.42 Å². The molecule has 110 valence electrons. The van der Waals surface area contributed by atoms with E-state index in [1.807, 2.05) is 20.8 Å². The minimum Gasteiger partial charge on any atom is -0.352 e. The highest BCUT2D eigenvalue weighted by Gasteiger charge is 2.29. The van der Waals surface area contributed by atoms with E-state index in [1.165, 1.54) is 0 Å². The molecule has 1 fully saturated rings. The van der Waals surface area contributed by atoms with Crippen LogP contribution >= 0.6 is 0 Å². The van der Waals surface area contributed by atoms with Crippen molar-refractivity contribution in [2.75, 3.05) is 13.1 Å². The summed E-state index contributed by atoms with van der Waals surface area (Å²) in [7, 11) is 0. The van der Waals surface area contributed by atoms with Crippen molar-refractivity contribution in [1.29, 1.82) is 0 Å². The summed E-state index contributed by atoms with van der Waals surface area (Å²) in [6, 6.07) is 0.232. The zero-order chi connectivity index (χ0) is 14.4. The van der Waals surface area contributed by atoms with Gasteiger partial charge >= 0.3 is 0 Å². The van der Waals surface area contributed by atoms with Gasteiger partial charge in [-0.15, -0.1) is 0 Å². The zero-order valence-electron chi connectivity index (χ0n) is 12.3. The lowest BCUT2D eigenvalue weighted by Gasteiger charge is -2.30. The van der Waals surface area contributed by atoms with E-state index in [4.69, 9.17) is 5.73 Å². The second-order valence-electron chi connectivity index (χ2n) is 5.70. The van der Waals surface area contributed by atoms with Crippen molar-refractivity contribution in [2.45, 2.75) is 58.5 Å². The Morgan fingerprint density at radius 3 is 2.58 bits per heavy atom. The van der Waals surface area contributed by atoms with Crippen LogP contribution in [0.15, 0.2) is 0 Å². The first kappa shape index (κ1) is 16.0. The number of hydrogen-bond donors (Lipinski definition) is 2. The average molecular weight is 269 g/mol. The van der Waals surface area contributed by atoms with Crippen molar-refractivity contribution in [3.63, 3.8) is 0 Å². The third-order valence-corrected chi connectivity index (χ3v) is 3.54. The van der Waals surface area contributed by atoms with Crippen molar-refractivity contribution >= 4 is 11.8 Å². The number of carbonyl (C=O) groups is 2. The Labute approximate surface area is 115 Å². The number of likely N-dealkylation sites (N-methyl/N-ethyl adjacent to an activating group) is 1. The molecule has 0 saturated heterocycles. The maximum Gasteiger partial charge on any atom is 0.239 e. The molecular formula is C14H27N3O2. The van der Waals surface area contributed by atoms with Gasteiger partial charge in [0.1, 0.15) is 0 Å². The molecule has 1 rings (SSSR count). The van der Waals surface area contributed by atoms with E-state index in [-0.39, 0.29) is 36.4 Å². The SMILES string of the molecule is CCN(CC(=O)NC(C)C)C(=O)C1CCCC(N)C1. The van der Waals surface area contributed by atoms with Crippen molar-refractivity contribution in [2.24, 2.45) is 11.7 Å². The molecule has 0 aliphatic heterocycles. The van der Waals surface area contributed by atoms with Gasteiger partial charge in [0.25, 0.3) is 0 Å². The highest BCUT2D eigenvalue weighted by atomic mass is 16.2. The van der Waals surface area contributed by atoms with Crippen LogP contribution in [0.2, 0.25) is 0 Å². The van der Waals surface area contributed by atoms with Gasteiger partial charge in [0.2, 0.25) is 11.8 Å². The maximum absolute atomic E-state index is 12.4. The number of nitrogens with two attached hydrogens (primary N) is 1. The molecule has 1 saturated carbocycles. The fraction of sp³-hybridized carbons (Fsp3) is 0.857. The summed E-state index contributed by atoms with van der Waals surface area (Å²) >= 11 is 0. The molecular weight excluding hydrogens is 242 g/mol. The highest BCUT2D eigenvalue weighted by molar-refractivity contribution is 5.86. The van der Waals surface area contributed by atoms with Crippen LogP contribution in [0.5, 0.6) is 0 Å². The van der Waals surface area contributed by atoms with Crippen LogP contribution in [0.3, 0.4) is 0 Å². The second-order valence-corrected chi connectivity index (χ2v) is 5.70. The van der Waals surface area contributed by atoms with Gasteiger partial charge in [-0.2, -0.15) is 0 Å². The minimum absolute atomic E-state index is 0.00412. The van der Waals surface area contributed by atoms with E-state index in [2.05, 4.69) is 5.32 Å². The Balaban J connectivity index is 2.53. The Hall–Kier alpha value is -1.10. The lowest BCUT2D eigenvalue weighted by atomic mass is 9.85. The topological polar surface area (TPSA) is 75.4 Å². The van der Waals surface area contributed by atoms with Gasteiger partial charge < -0.3 is 16.0 Å². The molecule has 0 spiro atoms. The molecule has 1 aliphatic rings. The number of carbonyl (C=O) groups excluding carboxylic acids is 2. The van der Waals surface area contributed by atoms with Crippen LogP contribution in [0.25, 0.3) is 0 Å². The summed E-state index contributed by atoms with van der Waals surface area (Å²) in [4.78, 5) is 25.8. The normalized spacial score (nSPS) is 23.2. The van der Waals surface area contributed by atoms with E-state index < -0.39 is 0 Å². The molecule has 3 N–H and O–H groups in total. The molecule has 5 heteroatoms. The third-order valence-electron chi connectivity index (χ3n) is 3.54. The number of amides is 2. The predicted octanol–water partition coefficient (Wildman–Crippen LogP) is 0.877. The van der Waals surface area contributed by atoms with Crippen LogP contribution in [-0.2, 0) is 9.59 Å². The Bertz CT molecular complexity index is 318. The molecule has 0 bridgehead atoms. The van der Waals surface area contributed by atoms with Crippen LogP contribution < -0.4 is 11.1 Å². The largest absolute Gasteiger partial charge is 0.352 e. The molecule has 0 radical (unpaired) electrons. The van der Waals surface area contributed by atoms with Crippen molar-refractivity contribution < 1.29 is 9.59 Å². The number of nitrogens with one attached hydrogen (secondary N) is 1. The van der Waals surface area contributed by atoms with Crippen molar-refractivity contribution in [3.8, 4) is 0 Å². The standard InChI is InChI=1S/C14H27N3O2/c1-4-17(9-13(18)16-10(2)3)14(19)11-6-5-7-12(15)8-11/h10-12H,4-9,15H2,1-3H3,(H,16,18). The molecule has 5 nitrogen and oxygen atoms in total. The van der Waals surface area contributed by atoms with Crippen LogP contribution in [0, 0.1) is 5.92 Å². The molecule has 0 heterocycles. The zero-order valence-corrected chi connectivity index (χ0v) is 12.3. The first-order chi connectivity index (χ1) is 8.93. The minimum atomic E-state index is -0.0923. The Kier molecular flexibility index (Phi) is 6.28. The smallest absolute Gasteiger partial charge is 0.239 e. The summed E-state index contributed by atoms with van der Waals surface area (Å²) in [6.07, 6.45) is 3.66. The van der Waals surface area contributed by atoms with Crippen molar-refractivity contribution in [1.82, 2.24) is 10.2 Å². The lowest BCUT2D eigenvalue weighted by Crippen LogP contribution is -2.46. The molecule has 0 aromatic heterocycles. The summed E-state index contributed by atoms with van der Waals surface area (Å²) in [6.45, 7) is 6.45. The van der Waals surface area contributed by atoms with Gasteiger partial charge in [0.05, 0.1) is 6.54 Å². The second kappa shape index (κ2) is 7.48. The maximum atomic E-state index is 12.4. The number of rotatable bonds is 5. The van der Waals surface area contributed by atoms with Crippen molar-refractivity contribution in [3.05, 3.63) is 0 Å². The van der Waals surface area contributed by atoms with Gasteiger partial charge in [0, 0.05) is 24.5 Å². The van der Waals surface area contributed by atoms with Crippen LogP contribution in [0.4, 0.5) is 0 Å². The van der Waals surface area contributed by atoms with Gasteiger partial charge in [-0.25, -0.2) is 0 Å². The van der Waals surface area contributed by atoms with E-state index in [9.17, 15) is 9.59 Å². The van der Waals surface area contributed by atoms with Gasteiger partial charge in [-0.3, -0.25) is 9.59 Å². The third kappa shape index (κ3) is 5.19. The summed E-state index contributed by atoms with van der Waals surface area (Å²) in [5, 5.41) is 2.82. The predicted molar refractivity (Wildman–Crippen MR) is 75.5 cm³/mol. The summed E-state index contributed by atoms with van der Waals surface area (Å²) < 4.78 is 0. The Morgan fingerprint density at radius 2 is 2.05 bits per heavy atom. The molecule has 2 atom stereocenters. The van der Waals surface area contributed by atoms with E-state index >= 15 is 0 Å². The molecule has 0 aromatic rings. The summed E-state index contributed by atoms with van der Waals surface area (Å²) in [5.41, 5.74) is 5.92. The van der Waals surface area contributed by atoms with E-state index in [0.29, 0.717) is 6.54 Å². The van der Waals surface area contributed by atoms with Crippen LogP contribution in [-0.4, -0.2) is 41.9 Å². The van der Waals surface area contributed by atoms with E-state index in [1.54, 1.807) is 4.90 Å². The number of hydrogen-bond acceptors (Lipinski definition) is 3. The van der Waals surface area contributed by atoms with E-state index in [0.717, 1.165) is 25.7 Å². The van der Waals surface area contributed by atoms with Gasteiger partial charge in [0.15, 0.2) is 0 Å². The fourth-order valence-corrected chi connectivity index (χ4v) is 2.60. The molecule has 19 heavy (non-hydrogen) atoms. The monoisotopic (exact) mass is 269 g/mol. The quantitative estimate of drug-likeness (QED) is 0.778. The average Bonchev–Trinajstić information content (AvgIpc) is 2.34. The highest BCUT2D eigenvalue weighted by Crippen LogP contribution is 2.24. The Morgan fingerprint density at radius 1 is 1.37 bits per heavy atom. The first-order valence-electron chi connectivity index (χ1n) is 7.27. The molecule has 0 aromatic carbocycles. The molecule has 2 amide bonds. The fourth-order valence-electron chi connectivity index (χ4n) is 2.60. The molecule has 1 aliphatic carbocycles. The van der Waals surface area contributed by atoms with Gasteiger partial charge in [-0.05, 0) is 40.0 Å². The number of nitrogens with zero attached hydrogens (tertiary/aromatic N) is 1.